The number of nitro groups is 1. The number of phenolic OH excluding ortho intramolecular Hbond substituents is 1. The maximum absolute atomic E-state index is 10.5. The van der Waals surface area contributed by atoms with Gasteiger partial charge in [0.2, 0.25) is 0 Å². The van der Waals surface area contributed by atoms with Gasteiger partial charge in [0.25, 0.3) is 0 Å². The molecule has 0 bridgehead atoms. The molecule has 0 spiro atoms. The normalized spacial score (nSPS) is 11.8. The Labute approximate surface area is 95.3 Å². The standard InChI is InChI=1S/C9H10N2O6/c12-7-2-1-5(3-6(7)11(16)17)8(13)4-10-9(14)15/h1-3,8,10,12-13H,4H2,(H,14,15)/t8-/m1/s1. The summed E-state index contributed by atoms with van der Waals surface area (Å²) in [4.78, 5) is 19.9. The summed E-state index contributed by atoms with van der Waals surface area (Å²) < 4.78 is 0. The number of carbonyl (C=O) groups is 1. The summed E-state index contributed by atoms with van der Waals surface area (Å²) in [5.74, 6) is -0.517. The molecule has 0 radical (unpaired) electrons. The number of nitrogens with zero attached hydrogens (tertiary/aromatic N) is 1. The molecule has 0 saturated heterocycles. The molecule has 0 fully saturated rings. The zero-order valence-corrected chi connectivity index (χ0v) is 8.53. The highest BCUT2D eigenvalue weighted by molar-refractivity contribution is 5.64. The van der Waals surface area contributed by atoms with Crippen LogP contribution in [-0.2, 0) is 0 Å². The van der Waals surface area contributed by atoms with Crippen molar-refractivity contribution in [1.29, 1.82) is 0 Å². The lowest BCUT2D eigenvalue weighted by Crippen LogP contribution is -2.26. The molecule has 1 aromatic carbocycles. The van der Waals surface area contributed by atoms with E-state index in [9.17, 15) is 25.1 Å². The Balaban J connectivity index is 2.87. The molecule has 0 aromatic heterocycles. The summed E-state index contributed by atoms with van der Waals surface area (Å²) in [5.41, 5.74) is -0.403. The lowest BCUT2D eigenvalue weighted by molar-refractivity contribution is -0.386. The maximum atomic E-state index is 10.5. The van der Waals surface area contributed by atoms with Crippen LogP contribution in [0, 0.1) is 10.1 Å². The van der Waals surface area contributed by atoms with Crippen LogP contribution < -0.4 is 5.32 Å². The summed E-state index contributed by atoms with van der Waals surface area (Å²) in [5, 5.41) is 39.5. The van der Waals surface area contributed by atoms with Gasteiger partial charge in [0.15, 0.2) is 5.75 Å². The molecule has 0 aliphatic carbocycles. The van der Waals surface area contributed by atoms with Gasteiger partial charge < -0.3 is 20.6 Å². The molecule has 4 N–H and O–H groups in total. The minimum absolute atomic E-state index is 0.142. The monoisotopic (exact) mass is 242 g/mol. The topological polar surface area (TPSA) is 133 Å². The number of aromatic hydroxyl groups is 1. The number of carboxylic acid groups (broad SMARTS) is 1. The summed E-state index contributed by atoms with van der Waals surface area (Å²) in [6, 6.07) is 3.33. The summed E-state index contributed by atoms with van der Waals surface area (Å²) in [6.45, 7) is -0.294. The van der Waals surface area contributed by atoms with Gasteiger partial charge in [0.05, 0.1) is 17.6 Å². The van der Waals surface area contributed by atoms with E-state index in [2.05, 4.69) is 0 Å². The van der Waals surface area contributed by atoms with Crippen molar-refractivity contribution in [1.82, 2.24) is 5.32 Å². The molecule has 17 heavy (non-hydrogen) atoms. The summed E-state index contributed by atoms with van der Waals surface area (Å²) in [7, 11) is 0. The van der Waals surface area contributed by atoms with Crippen LogP contribution in [0.15, 0.2) is 18.2 Å². The Morgan fingerprint density at radius 3 is 2.71 bits per heavy atom. The second-order valence-electron chi connectivity index (χ2n) is 3.21. The first-order chi connectivity index (χ1) is 7.91. The summed E-state index contributed by atoms with van der Waals surface area (Å²) in [6.07, 6.45) is -2.53. The van der Waals surface area contributed by atoms with Gasteiger partial charge >= 0.3 is 11.8 Å². The zero-order valence-electron chi connectivity index (χ0n) is 8.53. The van der Waals surface area contributed by atoms with Crippen molar-refractivity contribution >= 4 is 11.8 Å². The first-order valence-corrected chi connectivity index (χ1v) is 4.54. The van der Waals surface area contributed by atoms with E-state index < -0.39 is 28.6 Å². The van der Waals surface area contributed by atoms with Gasteiger partial charge in [-0.3, -0.25) is 10.1 Å². The fourth-order valence-corrected chi connectivity index (χ4v) is 1.20. The van der Waals surface area contributed by atoms with Crippen LogP contribution in [0.3, 0.4) is 0 Å². The number of aliphatic hydroxyl groups is 1. The fourth-order valence-electron chi connectivity index (χ4n) is 1.20. The average Bonchev–Trinajstić information content (AvgIpc) is 2.26. The highest BCUT2D eigenvalue weighted by Gasteiger charge is 2.17. The average molecular weight is 242 g/mol. The second kappa shape index (κ2) is 5.12. The van der Waals surface area contributed by atoms with Gasteiger partial charge in [-0.15, -0.1) is 0 Å². The van der Waals surface area contributed by atoms with Gasteiger partial charge in [-0.1, -0.05) is 6.07 Å². The van der Waals surface area contributed by atoms with Crippen LogP contribution >= 0.6 is 0 Å². The Kier molecular flexibility index (Phi) is 3.83. The Morgan fingerprint density at radius 1 is 1.53 bits per heavy atom. The van der Waals surface area contributed by atoms with Crippen molar-refractivity contribution < 1.29 is 25.0 Å². The molecule has 0 aliphatic heterocycles. The molecule has 0 unspecified atom stereocenters. The maximum Gasteiger partial charge on any atom is 0.404 e. The van der Waals surface area contributed by atoms with E-state index in [1.165, 1.54) is 6.07 Å². The number of rotatable bonds is 4. The van der Waals surface area contributed by atoms with Crippen LogP contribution in [0.2, 0.25) is 0 Å². The van der Waals surface area contributed by atoms with Crippen LogP contribution in [-0.4, -0.2) is 32.9 Å². The van der Waals surface area contributed by atoms with Crippen molar-refractivity contribution in [3.8, 4) is 5.75 Å². The first kappa shape index (κ1) is 12.7. The van der Waals surface area contributed by atoms with E-state index >= 15 is 0 Å². The Bertz CT molecular complexity index is 447. The minimum atomic E-state index is -1.31. The third kappa shape index (κ3) is 3.31. The number of benzene rings is 1. The number of hydrogen-bond donors (Lipinski definition) is 4. The van der Waals surface area contributed by atoms with Crippen molar-refractivity contribution in [2.75, 3.05) is 6.54 Å². The van der Waals surface area contributed by atoms with Crippen LogP contribution in [0.4, 0.5) is 10.5 Å². The number of nitrogens with one attached hydrogen (secondary N) is 1. The molecular formula is C9H10N2O6. The zero-order chi connectivity index (χ0) is 13.0. The van der Waals surface area contributed by atoms with E-state index in [1.54, 1.807) is 0 Å². The van der Waals surface area contributed by atoms with Gasteiger partial charge in [-0.25, -0.2) is 4.79 Å². The molecule has 0 heterocycles. The number of amides is 1. The molecule has 0 saturated carbocycles. The largest absolute Gasteiger partial charge is 0.502 e. The fraction of sp³-hybridized carbons (Fsp3) is 0.222. The van der Waals surface area contributed by atoms with Crippen molar-refractivity contribution in [3.05, 3.63) is 33.9 Å². The van der Waals surface area contributed by atoms with Gasteiger partial charge in [0, 0.05) is 6.07 Å². The minimum Gasteiger partial charge on any atom is -0.502 e. The van der Waals surface area contributed by atoms with E-state index in [4.69, 9.17) is 5.11 Å². The molecule has 1 atom stereocenters. The van der Waals surface area contributed by atoms with Crippen molar-refractivity contribution in [2.45, 2.75) is 6.10 Å². The number of phenols is 1. The van der Waals surface area contributed by atoms with Crippen molar-refractivity contribution in [2.24, 2.45) is 0 Å². The number of aliphatic hydroxyl groups excluding tert-OH is 1. The van der Waals surface area contributed by atoms with Gasteiger partial charge in [0.1, 0.15) is 0 Å². The summed E-state index contributed by atoms with van der Waals surface area (Å²) >= 11 is 0. The van der Waals surface area contributed by atoms with Crippen LogP contribution in [0.1, 0.15) is 11.7 Å². The smallest absolute Gasteiger partial charge is 0.404 e. The Morgan fingerprint density at radius 2 is 2.18 bits per heavy atom. The second-order valence-corrected chi connectivity index (χ2v) is 3.21. The molecule has 1 amide bonds. The van der Waals surface area contributed by atoms with Crippen molar-refractivity contribution in [3.63, 3.8) is 0 Å². The number of nitro benzene ring substituents is 1. The lowest BCUT2D eigenvalue weighted by atomic mass is 10.1. The molecule has 1 aromatic rings. The lowest BCUT2D eigenvalue weighted by Gasteiger charge is -2.10. The van der Waals surface area contributed by atoms with Crippen LogP contribution in [0.5, 0.6) is 5.75 Å². The van der Waals surface area contributed by atoms with E-state index in [1.807, 2.05) is 5.32 Å². The molecule has 0 aliphatic rings. The molecular weight excluding hydrogens is 232 g/mol. The van der Waals surface area contributed by atoms with Gasteiger partial charge in [-0.2, -0.15) is 0 Å². The molecule has 8 heteroatoms. The third-order valence-corrected chi connectivity index (χ3v) is 2.03. The molecule has 1 rings (SSSR count). The number of hydrogen-bond acceptors (Lipinski definition) is 5. The predicted octanol–water partition coefficient (Wildman–Crippen LogP) is 0.601. The van der Waals surface area contributed by atoms with E-state index in [-0.39, 0.29) is 12.1 Å². The third-order valence-electron chi connectivity index (χ3n) is 2.03. The van der Waals surface area contributed by atoms with E-state index in [0.29, 0.717) is 0 Å². The quantitative estimate of drug-likeness (QED) is 0.451. The Hall–Kier alpha value is -2.35. The molecule has 8 nitrogen and oxygen atoms in total. The highest BCUT2D eigenvalue weighted by Crippen LogP contribution is 2.28. The van der Waals surface area contributed by atoms with Crippen LogP contribution in [0.25, 0.3) is 0 Å². The SMILES string of the molecule is O=C(O)NC[C@@H](O)c1ccc(O)c([N+](=O)[O-])c1. The molecule has 92 valence electrons. The predicted molar refractivity (Wildman–Crippen MR) is 55.7 cm³/mol. The van der Waals surface area contributed by atoms with E-state index in [0.717, 1.165) is 12.1 Å². The first-order valence-electron chi connectivity index (χ1n) is 4.54. The van der Waals surface area contributed by atoms with Gasteiger partial charge in [-0.05, 0) is 11.6 Å². The highest BCUT2D eigenvalue weighted by atomic mass is 16.6.